The molecule has 0 radical (unpaired) electrons. The zero-order chi connectivity index (χ0) is 17.4. The molecule has 7 heteroatoms. The maximum Gasteiger partial charge on any atom is 0.271 e. The number of rotatable bonds is 3. The number of fused-ring (bicyclic) bond motifs is 1. The van der Waals surface area contributed by atoms with E-state index in [-0.39, 0.29) is 11.8 Å². The van der Waals surface area contributed by atoms with E-state index in [2.05, 4.69) is 10.3 Å². The lowest BCUT2D eigenvalue weighted by Crippen LogP contribution is -2.43. The van der Waals surface area contributed by atoms with Crippen molar-refractivity contribution < 1.29 is 9.59 Å². The van der Waals surface area contributed by atoms with Crippen molar-refractivity contribution in [3.63, 3.8) is 0 Å². The molecule has 1 aliphatic rings. The summed E-state index contributed by atoms with van der Waals surface area (Å²) < 4.78 is 1.89. The Bertz CT molecular complexity index is 932. The minimum atomic E-state index is -0.450. The van der Waals surface area contributed by atoms with E-state index in [0.717, 1.165) is 17.3 Å². The Kier molecular flexibility index (Phi) is 4.01. The first kappa shape index (κ1) is 15.8. The number of aromatic nitrogens is 2. The maximum absolute atomic E-state index is 13.1. The summed E-state index contributed by atoms with van der Waals surface area (Å²) in [5.41, 5.74) is 1.61. The molecule has 1 fully saturated rings. The topological polar surface area (TPSA) is 67.2 Å². The molecule has 2 amide bonds. The Labute approximate surface area is 149 Å². The molecule has 25 heavy (non-hydrogen) atoms. The fourth-order valence-electron chi connectivity index (χ4n) is 3.40. The quantitative estimate of drug-likeness (QED) is 0.786. The Balaban J connectivity index is 1.59. The zero-order valence-electron chi connectivity index (χ0n) is 13.8. The molecule has 1 N–H and O–H groups in total. The molecule has 0 bridgehead atoms. The molecule has 0 spiro atoms. The third-order valence-electron chi connectivity index (χ3n) is 4.65. The lowest BCUT2D eigenvalue weighted by Gasteiger charge is -2.23. The summed E-state index contributed by atoms with van der Waals surface area (Å²) in [5, 5.41) is 6.21. The van der Waals surface area contributed by atoms with Gasteiger partial charge in [-0.25, -0.2) is 4.98 Å². The van der Waals surface area contributed by atoms with Crippen LogP contribution in [-0.2, 0) is 11.8 Å². The second kappa shape index (κ2) is 6.33. The lowest BCUT2D eigenvalue weighted by molar-refractivity contribution is -0.119. The van der Waals surface area contributed by atoms with Gasteiger partial charge in [-0.2, -0.15) is 0 Å². The van der Waals surface area contributed by atoms with Crippen molar-refractivity contribution in [1.29, 1.82) is 0 Å². The third-order valence-corrected chi connectivity index (χ3v) is 5.34. The molecule has 3 aromatic rings. The van der Waals surface area contributed by atoms with Crippen LogP contribution in [-0.4, -0.2) is 38.9 Å². The van der Waals surface area contributed by atoms with Crippen molar-refractivity contribution in [2.45, 2.75) is 18.9 Å². The second-order valence-electron chi connectivity index (χ2n) is 6.13. The number of benzene rings is 1. The van der Waals surface area contributed by atoms with Crippen LogP contribution in [0.4, 0.5) is 5.13 Å². The first-order chi connectivity index (χ1) is 12.1. The van der Waals surface area contributed by atoms with Crippen LogP contribution in [0.2, 0.25) is 0 Å². The van der Waals surface area contributed by atoms with Gasteiger partial charge in [0.2, 0.25) is 5.91 Å². The van der Waals surface area contributed by atoms with Gasteiger partial charge in [-0.15, -0.1) is 11.3 Å². The van der Waals surface area contributed by atoms with Gasteiger partial charge in [0, 0.05) is 36.1 Å². The van der Waals surface area contributed by atoms with Gasteiger partial charge >= 0.3 is 0 Å². The molecule has 4 rings (SSSR count). The van der Waals surface area contributed by atoms with Crippen LogP contribution in [0.15, 0.2) is 41.9 Å². The molecule has 3 heterocycles. The number of anilines is 1. The van der Waals surface area contributed by atoms with Crippen molar-refractivity contribution in [2.24, 2.45) is 7.05 Å². The normalized spacial score (nSPS) is 17.2. The Hall–Kier alpha value is -2.67. The minimum absolute atomic E-state index is 0.101. The van der Waals surface area contributed by atoms with Crippen LogP contribution in [0.3, 0.4) is 0 Å². The number of nitrogens with zero attached hydrogens (tertiary/aromatic N) is 3. The van der Waals surface area contributed by atoms with Gasteiger partial charge in [-0.1, -0.05) is 18.2 Å². The highest BCUT2D eigenvalue weighted by Gasteiger charge is 2.35. The van der Waals surface area contributed by atoms with E-state index in [1.807, 2.05) is 47.3 Å². The number of carbonyl (C=O) groups excluding carboxylic acids is 2. The van der Waals surface area contributed by atoms with Crippen LogP contribution in [0.5, 0.6) is 0 Å². The van der Waals surface area contributed by atoms with Gasteiger partial charge in [0.1, 0.15) is 11.7 Å². The number of likely N-dealkylation sites (tertiary alicyclic amines) is 1. The van der Waals surface area contributed by atoms with Crippen molar-refractivity contribution in [2.75, 3.05) is 11.9 Å². The van der Waals surface area contributed by atoms with Gasteiger partial charge in [0.25, 0.3) is 5.91 Å². The smallest absolute Gasteiger partial charge is 0.271 e. The Morgan fingerprint density at radius 2 is 2.16 bits per heavy atom. The maximum atomic E-state index is 13.1. The average Bonchev–Trinajstić information content (AvgIpc) is 3.34. The molecule has 6 nitrogen and oxygen atoms in total. The molecule has 1 aliphatic heterocycles. The van der Waals surface area contributed by atoms with Gasteiger partial charge in [0.15, 0.2) is 5.13 Å². The third kappa shape index (κ3) is 2.80. The predicted molar refractivity (Wildman–Crippen MR) is 97.7 cm³/mol. The summed E-state index contributed by atoms with van der Waals surface area (Å²) in [6.07, 6.45) is 3.14. The predicted octanol–water partition coefficient (Wildman–Crippen LogP) is 2.88. The number of nitrogens with one attached hydrogen (secondary N) is 1. The van der Waals surface area contributed by atoms with E-state index in [1.165, 1.54) is 11.3 Å². The molecular weight excluding hydrogens is 336 g/mol. The molecule has 1 aromatic carbocycles. The first-order valence-corrected chi connectivity index (χ1v) is 9.09. The number of hydrogen-bond acceptors (Lipinski definition) is 4. The summed E-state index contributed by atoms with van der Waals surface area (Å²) in [6.45, 7) is 0.594. The lowest BCUT2D eigenvalue weighted by atomic mass is 10.2. The zero-order valence-corrected chi connectivity index (χ0v) is 14.6. The van der Waals surface area contributed by atoms with Crippen LogP contribution >= 0.6 is 11.3 Å². The van der Waals surface area contributed by atoms with Gasteiger partial charge in [-0.05, 0) is 25.0 Å². The van der Waals surface area contributed by atoms with E-state index in [0.29, 0.717) is 23.8 Å². The number of aryl methyl sites for hydroxylation is 1. The highest BCUT2D eigenvalue weighted by molar-refractivity contribution is 7.13. The average molecular weight is 354 g/mol. The second-order valence-corrected chi connectivity index (χ2v) is 7.03. The number of hydrogen-bond donors (Lipinski definition) is 1. The van der Waals surface area contributed by atoms with Crippen molar-refractivity contribution in [1.82, 2.24) is 14.5 Å². The van der Waals surface area contributed by atoms with E-state index >= 15 is 0 Å². The van der Waals surface area contributed by atoms with Crippen LogP contribution in [0, 0.1) is 0 Å². The van der Waals surface area contributed by atoms with Gasteiger partial charge < -0.3 is 14.8 Å². The Morgan fingerprint density at radius 1 is 1.32 bits per heavy atom. The first-order valence-electron chi connectivity index (χ1n) is 8.21. The molecular formula is C18H18N4O2S. The standard InChI is InChI=1S/C18H18N4O2S/c1-21-13-6-3-2-5-12(13)11-15(21)17(24)22-9-4-7-14(22)16(23)20-18-19-8-10-25-18/h2-3,5-6,8,10-11,14H,4,7,9H2,1H3,(H,19,20,23)/t14-/m0/s1. The van der Waals surface area contributed by atoms with E-state index in [4.69, 9.17) is 0 Å². The SMILES string of the molecule is Cn1c(C(=O)N2CCC[C@H]2C(=O)Nc2nccs2)cc2ccccc21. The van der Waals surface area contributed by atoms with E-state index < -0.39 is 6.04 Å². The molecule has 0 aliphatic carbocycles. The summed E-state index contributed by atoms with van der Waals surface area (Å²) in [4.78, 5) is 31.4. The molecule has 0 saturated carbocycles. The van der Waals surface area contributed by atoms with E-state index in [1.54, 1.807) is 11.1 Å². The van der Waals surface area contributed by atoms with E-state index in [9.17, 15) is 9.59 Å². The fourth-order valence-corrected chi connectivity index (χ4v) is 3.93. The number of thiazole rings is 1. The van der Waals surface area contributed by atoms with Gasteiger partial charge in [-0.3, -0.25) is 9.59 Å². The molecule has 128 valence electrons. The minimum Gasteiger partial charge on any atom is -0.340 e. The fraction of sp³-hybridized carbons (Fsp3) is 0.278. The molecule has 1 atom stereocenters. The molecule has 0 unspecified atom stereocenters. The highest BCUT2D eigenvalue weighted by atomic mass is 32.1. The Morgan fingerprint density at radius 3 is 2.92 bits per heavy atom. The molecule has 1 saturated heterocycles. The van der Waals surface area contributed by atoms with Crippen LogP contribution in [0.1, 0.15) is 23.3 Å². The number of amides is 2. The summed E-state index contributed by atoms with van der Waals surface area (Å²) in [5.74, 6) is -0.268. The summed E-state index contributed by atoms with van der Waals surface area (Å²) in [7, 11) is 1.89. The monoisotopic (exact) mass is 354 g/mol. The largest absolute Gasteiger partial charge is 0.340 e. The van der Waals surface area contributed by atoms with Crippen molar-refractivity contribution in [3.05, 3.63) is 47.6 Å². The van der Waals surface area contributed by atoms with Crippen LogP contribution < -0.4 is 5.32 Å². The van der Waals surface area contributed by atoms with Gasteiger partial charge in [0.05, 0.1) is 0 Å². The summed E-state index contributed by atoms with van der Waals surface area (Å²) >= 11 is 1.37. The molecule has 2 aromatic heterocycles. The number of para-hydroxylation sites is 1. The summed E-state index contributed by atoms with van der Waals surface area (Å²) in [6, 6.07) is 9.33. The highest BCUT2D eigenvalue weighted by Crippen LogP contribution is 2.25. The number of carbonyl (C=O) groups is 2. The van der Waals surface area contributed by atoms with Crippen molar-refractivity contribution in [3.8, 4) is 0 Å². The van der Waals surface area contributed by atoms with Crippen LogP contribution in [0.25, 0.3) is 10.9 Å². The van der Waals surface area contributed by atoms with Crippen molar-refractivity contribution >= 4 is 39.2 Å².